The van der Waals surface area contributed by atoms with E-state index in [1.54, 1.807) is 12.1 Å². The van der Waals surface area contributed by atoms with Gasteiger partial charge in [-0.3, -0.25) is 4.72 Å². The molecule has 7 nitrogen and oxygen atoms in total. The summed E-state index contributed by atoms with van der Waals surface area (Å²) in [7, 11) is -3.18. The van der Waals surface area contributed by atoms with E-state index in [4.69, 9.17) is 16.3 Å². The predicted molar refractivity (Wildman–Crippen MR) is 103 cm³/mol. The molecule has 1 saturated heterocycles. The number of para-hydroxylation sites is 1. The van der Waals surface area contributed by atoms with Crippen LogP contribution >= 0.6 is 11.6 Å². The Morgan fingerprint density at radius 1 is 1.25 bits per heavy atom. The predicted octanol–water partition coefficient (Wildman–Crippen LogP) is 2.90. The molecule has 0 radical (unpaired) electrons. The molecule has 1 aliphatic heterocycles. The number of rotatable bonds is 5. The summed E-state index contributed by atoms with van der Waals surface area (Å²) in [5.74, 6) is -1.76. The summed E-state index contributed by atoms with van der Waals surface area (Å²) in [5.41, 5.74) is 0.613. The average molecular weight is 429 g/mol. The lowest BCUT2D eigenvalue weighted by atomic mass is 10.2. The van der Waals surface area contributed by atoms with Gasteiger partial charge in [0.1, 0.15) is 10.7 Å². The minimum absolute atomic E-state index is 0.0798. The van der Waals surface area contributed by atoms with Crippen molar-refractivity contribution in [1.82, 2.24) is 0 Å². The number of hydrogen-bond donors (Lipinski definition) is 1. The number of anilines is 2. The number of benzene rings is 2. The first-order chi connectivity index (χ1) is 13.3. The third kappa shape index (κ3) is 4.21. The normalized spacial score (nSPS) is 14.6. The second-order valence-corrected chi connectivity index (χ2v) is 8.04. The van der Waals surface area contributed by atoms with E-state index in [0.717, 1.165) is 25.3 Å². The molecule has 0 saturated carbocycles. The number of morpholine rings is 1. The topological polar surface area (TPSA) is 84.9 Å². The van der Waals surface area contributed by atoms with Gasteiger partial charge in [0.2, 0.25) is 0 Å². The molecule has 0 amide bonds. The first kappa shape index (κ1) is 20.4. The Kier molecular flexibility index (Phi) is 6.07. The molecule has 1 N–H and O–H groups in total. The van der Waals surface area contributed by atoms with E-state index in [0.29, 0.717) is 37.0 Å². The number of halogens is 2. The van der Waals surface area contributed by atoms with Crippen LogP contribution in [0.4, 0.5) is 15.8 Å². The van der Waals surface area contributed by atoms with Crippen LogP contribution in [0.3, 0.4) is 0 Å². The van der Waals surface area contributed by atoms with Gasteiger partial charge < -0.3 is 14.4 Å². The van der Waals surface area contributed by atoms with Gasteiger partial charge in [0.05, 0.1) is 42.3 Å². The second kappa shape index (κ2) is 8.34. The molecule has 1 heterocycles. The fourth-order valence-corrected chi connectivity index (χ4v) is 4.33. The molecule has 0 atom stereocenters. The van der Waals surface area contributed by atoms with Crippen LogP contribution in [0.15, 0.2) is 41.3 Å². The third-order valence-corrected chi connectivity index (χ3v) is 5.89. The highest BCUT2D eigenvalue weighted by Gasteiger charge is 2.25. The molecule has 150 valence electrons. The number of carbonyl (C=O) groups excluding carboxylic acids is 1. The zero-order chi connectivity index (χ0) is 20.3. The zero-order valence-electron chi connectivity index (χ0n) is 14.9. The number of nitrogens with one attached hydrogen (secondary N) is 1. The quantitative estimate of drug-likeness (QED) is 0.737. The maximum Gasteiger partial charge on any atom is 0.337 e. The van der Waals surface area contributed by atoms with Crippen molar-refractivity contribution >= 4 is 39.0 Å². The third-order valence-electron chi connectivity index (χ3n) is 4.20. The lowest BCUT2D eigenvalue weighted by molar-refractivity contribution is 0.0600. The molecule has 28 heavy (non-hydrogen) atoms. The lowest BCUT2D eigenvalue weighted by Gasteiger charge is -2.31. The minimum atomic E-state index is -4.34. The van der Waals surface area contributed by atoms with Crippen LogP contribution in [0, 0.1) is 5.82 Å². The van der Waals surface area contributed by atoms with Crippen LogP contribution in [0.5, 0.6) is 0 Å². The van der Waals surface area contributed by atoms with Gasteiger partial charge in [-0.15, -0.1) is 0 Å². The lowest BCUT2D eigenvalue weighted by Crippen LogP contribution is -2.37. The Morgan fingerprint density at radius 2 is 1.96 bits per heavy atom. The van der Waals surface area contributed by atoms with Crippen LogP contribution in [-0.2, 0) is 19.5 Å². The number of carbonyl (C=O) groups is 1. The standard InChI is InChI=1S/C18H18ClFN2O5S/c1-26-18(23)12-5-6-14(20)16(11-12)28(24,25)21-15-4-2-3-13(19)17(15)22-7-9-27-10-8-22/h2-6,11,21H,7-10H2,1H3. The van der Waals surface area contributed by atoms with Crippen molar-refractivity contribution in [3.8, 4) is 0 Å². The van der Waals surface area contributed by atoms with Crippen molar-refractivity contribution in [2.45, 2.75) is 4.90 Å². The van der Waals surface area contributed by atoms with Gasteiger partial charge in [0.25, 0.3) is 10.0 Å². The molecule has 0 aliphatic carbocycles. The van der Waals surface area contributed by atoms with Crippen LogP contribution < -0.4 is 9.62 Å². The Hall–Kier alpha value is -2.36. The van der Waals surface area contributed by atoms with Crippen molar-refractivity contribution < 1.29 is 27.1 Å². The molecule has 0 unspecified atom stereocenters. The number of sulfonamides is 1. The van der Waals surface area contributed by atoms with E-state index in [1.165, 1.54) is 6.07 Å². The number of nitrogens with zero attached hydrogens (tertiary/aromatic N) is 1. The van der Waals surface area contributed by atoms with Crippen LogP contribution in [0.1, 0.15) is 10.4 Å². The van der Waals surface area contributed by atoms with E-state index in [9.17, 15) is 17.6 Å². The molecule has 0 aromatic heterocycles. The summed E-state index contributed by atoms with van der Waals surface area (Å²) < 4.78 is 52.2. The van der Waals surface area contributed by atoms with Crippen molar-refractivity contribution in [3.05, 3.63) is 52.8 Å². The molecule has 2 aromatic rings. The monoisotopic (exact) mass is 428 g/mol. The number of esters is 1. The van der Waals surface area contributed by atoms with E-state index < -0.39 is 26.7 Å². The van der Waals surface area contributed by atoms with Gasteiger partial charge in [-0.25, -0.2) is 17.6 Å². The number of hydrogen-bond acceptors (Lipinski definition) is 6. The van der Waals surface area contributed by atoms with Gasteiger partial charge in [-0.1, -0.05) is 17.7 Å². The molecule has 1 aliphatic rings. The van der Waals surface area contributed by atoms with Crippen molar-refractivity contribution in [3.63, 3.8) is 0 Å². The Labute approximate surface area is 167 Å². The summed E-state index contributed by atoms with van der Waals surface area (Å²) in [4.78, 5) is 12.9. The summed E-state index contributed by atoms with van der Waals surface area (Å²) in [6.07, 6.45) is 0. The van der Waals surface area contributed by atoms with Crippen LogP contribution in [-0.4, -0.2) is 47.8 Å². The average Bonchev–Trinajstić information content (AvgIpc) is 2.68. The molecular formula is C18H18ClFN2O5S. The summed E-state index contributed by atoms with van der Waals surface area (Å²) >= 11 is 6.30. The van der Waals surface area contributed by atoms with E-state index >= 15 is 0 Å². The Bertz CT molecular complexity index is 993. The maximum atomic E-state index is 14.2. The van der Waals surface area contributed by atoms with E-state index in [1.807, 2.05) is 4.90 Å². The smallest absolute Gasteiger partial charge is 0.337 e. The minimum Gasteiger partial charge on any atom is -0.465 e. The molecule has 10 heteroatoms. The first-order valence-electron chi connectivity index (χ1n) is 8.35. The molecule has 1 fully saturated rings. The van der Waals surface area contributed by atoms with Gasteiger partial charge >= 0.3 is 5.97 Å². The van der Waals surface area contributed by atoms with E-state index in [2.05, 4.69) is 9.46 Å². The molecule has 2 aromatic carbocycles. The second-order valence-electron chi connectivity index (χ2n) is 5.98. The summed E-state index contributed by atoms with van der Waals surface area (Å²) in [6, 6.07) is 7.76. The highest BCUT2D eigenvalue weighted by atomic mass is 35.5. The fraction of sp³-hybridized carbons (Fsp3) is 0.278. The van der Waals surface area contributed by atoms with Crippen LogP contribution in [0.25, 0.3) is 0 Å². The SMILES string of the molecule is COC(=O)c1ccc(F)c(S(=O)(=O)Nc2cccc(Cl)c2N2CCOCC2)c1. The molecule has 0 bridgehead atoms. The summed E-state index contributed by atoms with van der Waals surface area (Å²) in [5, 5.41) is 0.353. The zero-order valence-corrected chi connectivity index (χ0v) is 16.5. The van der Waals surface area contributed by atoms with Crippen molar-refractivity contribution in [2.24, 2.45) is 0 Å². The fourth-order valence-electron chi connectivity index (χ4n) is 2.86. The highest BCUT2D eigenvalue weighted by molar-refractivity contribution is 7.92. The first-order valence-corrected chi connectivity index (χ1v) is 10.2. The Morgan fingerprint density at radius 3 is 2.64 bits per heavy atom. The molecular weight excluding hydrogens is 411 g/mol. The number of methoxy groups -OCH3 is 1. The largest absolute Gasteiger partial charge is 0.465 e. The Balaban J connectivity index is 2.00. The summed E-state index contributed by atoms with van der Waals surface area (Å²) in [6.45, 7) is 2.02. The molecule has 0 spiro atoms. The van der Waals surface area contributed by atoms with Gasteiger partial charge in [-0.2, -0.15) is 0 Å². The van der Waals surface area contributed by atoms with Crippen molar-refractivity contribution in [1.29, 1.82) is 0 Å². The van der Waals surface area contributed by atoms with Gasteiger partial charge in [0.15, 0.2) is 0 Å². The highest BCUT2D eigenvalue weighted by Crippen LogP contribution is 2.36. The maximum absolute atomic E-state index is 14.2. The number of ether oxygens (including phenoxy) is 2. The van der Waals surface area contributed by atoms with Crippen molar-refractivity contribution in [2.75, 3.05) is 43.0 Å². The van der Waals surface area contributed by atoms with Gasteiger partial charge in [0, 0.05) is 13.1 Å². The van der Waals surface area contributed by atoms with Crippen LogP contribution in [0.2, 0.25) is 5.02 Å². The molecule has 3 rings (SSSR count). The van der Waals surface area contributed by atoms with E-state index in [-0.39, 0.29) is 11.3 Å². The van der Waals surface area contributed by atoms with Gasteiger partial charge in [-0.05, 0) is 30.3 Å².